The molecule has 0 saturated heterocycles. The van der Waals surface area contributed by atoms with Gasteiger partial charge in [0.25, 0.3) is 0 Å². The van der Waals surface area contributed by atoms with E-state index in [1.54, 1.807) is 11.8 Å². The van der Waals surface area contributed by atoms with Crippen molar-refractivity contribution in [3.05, 3.63) is 48.5 Å². The summed E-state index contributed by atoms with van der Waals surface area (Å²) in [6.45, 7) is 0. The third-order valence-corrected chi connectivity index (χ3v) is 4.38. The van der Waals surface area contributed by atoms with E-state index in [0.29, 0.717) is 5.75 Å². The maximum Gasteiger partial charge on any atom is 0.234 e. The lowest BCUT2D eigenvalue weighted by Crippen LogP contribution is -2.13. The summed E-state index contributed by atoms with van der Waals surface area (Å²) >= 11 is 3.17. The molecule has 0 aliphatic heterocycles. The van der Waals surface area contributed by atoms with Crippen LogP contribution < -0.4 is 11.1 Å². The first kappa shape index (κ1) is 14.8. The number of hydrogen-bond acceptors (Lipinski definition) is 4. The predicted octanol–water partition coefficient (Wildman–Crippen LogP) is 3.72. The number of anilines is 2. The van der Waals surface area contributed by atoms with Crippen LogP contribution in [0.1, 0.15) is 0 Å². The lowest BCUT2D eigenvalue weighted by atomic mass is 10.3. The lowest BCUT2D eigenvalue weighted by Gasteiger charge is -2.06. The molecule has 0 radical (unpaired) electrons. The Balaban J connectivity index is 1.84. The van der Waals surface area contributed by atoms with Crippen LogP contribution in [0.4, 0.5) is 11.4 Å². The number of rotatable bonds is 5. The molecule has 2 rings (SSSR count). The molecule has 2 aromatic carbocycles. The molecule has 0 saturated carbocycles. The summed E-state index contributed by atoms with van der Waals surface area (Å²) in [5.41, 5.74) is 7.17. The molecular weight excluding hydrogens is 288 g/mol. The molecule has 0 unspecified atom stereocenters. The SMILES string of the molecule is CSc1ccc(NC(=O)CSc2ccc(N)cc2)cc1. The highest BCUT2D eigenvalue weighted by atomic mass is 32.2. The monoisotopic (exact) mass is 304 g/mol. The number of hydrogen-bond donors (Lipinski definition) is 2. The first-order chi connectivity index (χ1) is 9.67. The minimum atomic E-state index is -0.0104. The van der Waals surface area contributed by atoms with E-state index in [-0.39, 0.29) is 5.91 Å². The van der Waals surface area contributed by atoms with E-state index in [9.17, 15) is 4.79 Å². The maximum atomic E-state index is 11.8. The van der Waals surface area contributed by atoms with Crippen molar-refractivity contribution in [1.29, 1.82) is 0 Å². The molecule has 3 nitrogen and oxygen atoms in total. The van der Waals surface area contributed by atoms with Gasteiger partial charge in [-0.25, -0.2) is 0 Å². The smallest absolute Gasteiger partial charge is 0.234 e. The molecule has 2 aromatic rings. The Bertz CT molecular complexity index is 567. The molecule has 3 N–H and O–H groups in total. The normalized spacial score (nSPS) is 10.2. The highest BCUT2D eigenvalue weighted by Crippen LogP contribution is 2.20. The molecule has 5 heteroatoms. The number of nitrogens with one attached hydrogen (secondary N) is 1. The molecule has 0 aromatic heterocycles. The van der Waals surface area contributed by atoms with E-state index in [1.165, 1.54) is 16.7 Å². The summed E-state index contributed by atoms with van der Waals surface area (Å²) in [6.07, 6.45) is 2.02. The van der Waals surface area contributed by atoms with Crippen molar-refractivity contribution in [1.82, 2.24) is 0 Å². The van der Waals surface area contributed by atoms with Gasteiger partial charge in [-0.3, -0.25) is 4.79 Å². The number of nitrogen functional groups attached to an aromatic ring is 1. The Hall–Kier alpha value is -1.59. The van der Waals surface area contributed by atoms with Gasteiger partial charge in [0.05, 0.1) is 5.75 Å². The van der Waals surface area contributed by atoms with Crippen molar-refractivity contribution >= 4 is 40.8 Å². The van der Waals surface area contributed by atoms with Crippen molar-refractivity contribution in [2.24, 2.45) is 0 Å². The lowest BCUT2D eigenvalue weighted by molar-refractivity contribution is -0.113. The first-order valence-electron chi connectivity index (χ1n) is 6.09. The molecular formula is C15H16N2OS2. The molecule has 104 valence electrons. The van der Waals surface area contributed by atoms with Gasteiger partial charge in [-0.1, -0.05) is 0 Å². The molecule has 0 atom stereocenters. The number of carbonyl (C=O) groups excluding carboxylic acids is 1. The van der Waals surface area contributed by atoms with Gasteiger partial charge in [0.1, 0.15) is 0 Å². The second kappa shape index (κ2) is 7.26. The van der Waals surface area contributed by atoms with Gasteiger partial charge in [-0.15, -0.1) is 23.5 Å². The zero-order chi connectivity index (χ0) is 14.4. The zero-order valence-corrected chi connectivity index (χ0v) is 12.8. The van der Waals surface area contributed by atoms with Gasteiger partial charge in [-0.05, 0) is 54.8 Å². The van der Waals surface area contributed by atoms with Crippen LogP contribution in [0.5, 0.6) is 0 Å². The molecule has 0 spiro atoms. The largest absolute Gasteiger partial charge is 0.399 e. The van der Waals surface area contributed by atoms with Crippen molar-refractivity contribution in [2.45, 2.75) is 9.79 Å². The number of amides is 1. The predicted molar refractivity (Wildman–Crippen MR) is 88.4 cm³/mol. The second-order valence-electron chi connectivity index (χ2n) is 4.13. The zero-order valence-electron chi connectivity index (χ0n) is 11.1. The Morgan fingerprint density at radius 1 is 1.05 bits per heavy atom. The van der Waals surface area contributed by atoms with Gasteiger partial charge in [0.2, 0.25) is 5.91 Å². The summed E-state index contributed by atoms with van der Waals surface area (Å²) in [6, 6.07) is 15.3. The van der Waals surface area contributed by atoms with Gasteiger partial charge in [0.15, 0.2) is 0 Å². The van der Waals surface area contributed by atoms with Gasteiger partial charge in [0, 0.05) is 21.2 Å². The van der Waals surface area contributed by atoms with Crippen LogP contribution in [0.25, 0.3) is 0 Å². The first-order valence-corrected chi connectivity index (χ1v) is 8.30. The van der Waals surface area contributed by atoms with E-state index in [4.69, 9.17) is 5.73 Å². The molecule has 0 aliphatic carbocycles. The summed E-state index contributed by atoms with van der Waals surface area (Å²) in [5.74, 6) is 0.373. The fourth-order valence-electron chi connectivity index (χ4n) is 1.58. The fraction of sp³-hybridized carbons (Fsp3) is 0.133. The van der Waals surface area contributed by atoms with E-state index < -0.39 is 0 Å². The minimum Gasteiger partial charge on any atom is -0.399 e. The highest BCUT2D eigenvalue weighted by Gasteiger charge is 2.03. The minimum absolute atomic E-state index is 0.0104. The maximum absolute atomic E-state index is 11.8. The van der Waals surface area contributed by atoms with E-state index in [2.05, 4.69) is 5.32 Å². The van der Waals surface area contributed by atoms with Gasteiger partial charge >= 0.3 is 0 Å². The summed E-state index contributed by atoms with van der Waals surface area (Å²) in [7, 11) is 0. The van der Waals surface area contributed by atoms with Crippen LogP contribution in [0, 0.1) is 0 Å². The summed E-state index contributed by atoms with van der Waals surface area (Å²) in [5, 5.41) is 2.88. The van der Waals surface area contributed by atoms with Crippen LogP contribution in [-0.4, -0.2) is 17.9 Å². The molecule has 0 bridgehead atoms. The quantitative estimate of drug-likeness (QED) is 0.653. The fourth-order valence-corrected chi connectivity index (χ4v) is 2.69. The average molecular weight is 304 g/mol. The third-order valence-electron chi connectivity index (χ3n) is 2.62. The Labute approximate surface area is 127 Å². The van der Waals surface area contributed by atoms with E-state index >= 15 is 0 Å². The van der Waals surface area contributed by atoms with Crippen molar-refractivity contribution in [2.75, 3.05) is 23.1 Å². The van der Waals surface area contributed by atoms with E-state index in [1.807, 2.05) is 54.8 Å². The van der Waals surface area contributed by atoms with Crippen LogP contribution in [0.2, 0.25) is 0 Å². The number of carbonyl (C=O) groups is 1. The van der Waals surface area contributed by atoms with Crippen LogP contribution in [-0.2, 0) is 4.79 Å². The average Bonchev–Trinajstić information content (AvgIpc) is 2.47. The molecule has 0 heterocycles. The summed E-state index contributed by atoms with van der Waals surface area (Å²) < 4.78 is 0. The highest BCUT2D eigenvalue weighted by molar-refractivity contribution is 8.00. The topological polar surface area (TPSA) is 55.1 Å². The number of benzene rings is 2. The molecule has 0 aliphatic rings. The van der Waals surface area contributed by atoms with E-state index in [0.717, 1.165) is 16.3 Å². The van der Waals surface area contributed by atoms with Crippen LogP contribution in [0.3, 0.4) is 0 Å². The Morgan fingerprint density at radius 2 is 1.65 bits per heavy atom. The van der Waals surface area contributed by atoms with Gasteiger partial charge in [-0.2, -0.15) is 0 Å². The summed E-state index contributed by atoms with van der Waals surface area (Å²) in [4.78, 5) is 14.1. The standard InChI is InChI=1S/C15H16N2OS2/c1-19-13-8-4-12(5-9-13)17-15(18)10-20-14-6-2-11(16)3-7-14/h2-9H,10,16H2,1H3,(H,17,18). The second-order valence-corrected chi connectivity index (χ2v) is 6.06. The molecule has 20 heavy (non-hydrogen) atoms. The van der Waals surface area contributed by atoms with Crippen LogP contribution in [0.15, 0.2) is 58.3 Å². The number of nitrogens with two attached hydrogens (primary N) is 1. The van der Waals surface area contributed by atoms with Crippen molar-refractivity contribution in [3.8, 4) is 0 Å². The Kier molecular flexibility index (Phi) is 5.38. The van der Waals surface area contributed by atoms with Crippen molar-refractivity contribution in [3.63, 3.8) is 0 Å². The number of thioether (sulfide) groups is 2. The molecule has 0 fully saturated rings. The Morgan fingerprint density at radius 3 is 2.25 bits per heavy atom. The van der Waals surface area contributed by atoms with Crippen LogP contribution >= 0.6 is 23.5 Å². The van der Waals surface area contributed by atoms with Crippen molar-refractivity contribution < 1.29 is 4.79 Å². The third kappa shape index (κ3) is 4.51. The van der Waals surface area contributed by atoms with Gasteiger partial charge < -0.3 is 11.1 Å². The molecule has 1 amide bonds.